The molecule has 1 aliphatic heterocycles. The first kappa shape index (κ1) is 83.2. The second-order valence-electron chi connectivity index (χ2n) is 26.8. The number of aliphatic hydroxyl groups excluding tert-OH is 5. The van der Waals surface area contributed by atoms with Gasteiger partial charge in [0, 0.05) is 6.42 Å². The Kier molecular flexibility index (Phi) is 64.1. The maximum atomic E-state index is 13.1. The van der Waals surface area contributed by atoms with Crippen LogP contribution < -0.4 is 5.32 Å². The van der Waals surface area contributed by atoms with Gasteiger partial charge in [-0.25, -0.2) is 0 Å². The molecule has 1 rings (SSSR count). The van der Waals surface area contributed by atoms with Gasteiger partial charge in [-0.3, -0.25) is 4.79 Å². The van der Waals surface area contributed by atoms with Crippen molar-refractivity contribution in [1.29, 1.82) is 0 Å². The average molecular weight is 1230 g/mol. The maximum Gasteiger partial charge on any atom is 0.220 e. The Hall–Kier alpha value is -1.85. The average Bonchev–Trinajstić information content (AvgIpc) is 3.38. The SMILES string of the molecule is CCCCCCCCCC/C=C\CCCCCCCCCCCCCCCCCCCCCCCC(=O)NC(COC1OC(CO)C(O)C(O)C1O)C(O)/C=C/CC/C=C/CC/C=C/CCCCCCCCCCCCCCCCCCCCCCC. The van der Waals surface area contributed by atoms with Crippen molar-refractivity contribution in [3.63, 3.8) is 0 Å². The first-order valence-corrected chi connectivity index (χ1v) is 38.4. The Morgan fingerprint density at radius 1 is 0.379 bits per heavy atom. The number of rotatable bonds is 68. The standard InChI is InChI=1S/C78H147NO8/c1-3-5-7-9-11-13-15-17-19-21-23-25-27-29-31-33-35-36-38-40-42-44-46-48-50-52-54-56-58-60-62-64-66-68-74(82)79-71(70-86-78-77(85)76(84)75(83)73(69-80)87-78)72(81)67-65-63-61-59-57-55-53-51-49-47-45-43-41-39-37-34-32-30-28-26-24-22-20-18-16-14-12-10-8-6-4-2/h21,23,49,51,57,59,65,67,71-73,75-78,80-81,83-85H,3-20,22,24-48,50,52-56,58,60-64,66,68-70H2,1-2H3,(H,79,82)/b23-21-,51-49+,59-57+,67-65+. The number of carbonyl (C=O) groups excluding carboxylic acids is 1. The molecule has 1 amide bonds. The van der Waals surface area contributed by atoms with Crippen LogP contribution in [-0.4, -0.2) is 87.5 Å². The van der Waals surface area contributed by atoms with Crippen molar-refractivity contribution in [3.05, 3.63) is 48.6 Å². The van der Waals surface area contributed by atoms with E-state index in [1.165, 1.54) is 321 Å². The number of hydrogen-bond acceptors (Lipinski definition) is 8. The van der Waals surface area contributed by atoms with Crippen molar-refractivity contribution >= 4 is 5.91 Å². The summed E-state index contributed by atoms with van der Waals surface area (Å²) in [5, 5.41) is 54.8. The Bertz CT molecular complexity index is 1520. The van der Waals surface area contributed by atoms with E-state index < -0.39 is 49.5 Å². The minimum atomic E-state index is -1.58. The van der Waals surface area contributed by atoms with Gasteiger partial charge in [-0.05, 0) is 70.6 Å². The van der Waals surface area contributed by atoms with Gasteiger partial charge in [-0.1, -0.05) is 358 Å². The number of nitrogens with one attached hydrogen (secondary N) is 1. The first-order chi connectivity index (χ1) is 42.8. The Morgan fingerprint density at radius 2 is 0.655 bits per heavy atom. The van der Waals surface area contributed by atoms with Crippen LogP contribution in [0.4, 0.5) is 0 Å². The topological polar surface area (TPSA) is 149 Å². The number of amides is 1. The van der Waals surface area contributed by atoms with E-state index in [0.717, 1.165) is 44.9 Å². The molecule has 9 nitrogen and oxygen atoms in total. The fourth-order valence-corrected chi connectivity index (χ4v) is 12.4. The molecule has 1 heterocycles. The van der Waals surface area contributed by atoms with Crippen molar-refractivity contribution in [1.82, 2.24) is 5.32 Å². The summed E-state index contributed by atoms with van der Waals surface area (Å²) in [7, 11) is 0. The fraction of sp³-hybridized carbons (Fsp3) is 0.885. The molecule has 1 aliphatic rings. The summed E-state index contributed by atoms with van der Waals surface area (Å²) in [4.78, 5) is 13.1. The number of carbonyl (C=O) groups is 1. The van der Waals surface area contributed by atoms with Gasteiger partial charge in [-0.15, -0.1) is 0 Å². The molecule has 0 aromatic rings. The highest BCUT2D eigenvalue weighted by Gasteiger charge is 2.44. The Labute approximate surface area is 539 Å². The highest BCUT2D eigenvalue weighted by molar-refractivity contribution is 5.76. The molecule has 9 heteroatoms. The predicted octanol–water partition coefficient (Wildman–Crippen LogP) is 21.5. The van der Waals surface area contributed by atoms with Crippen LogP contribution in [0.2, 0.25) is 0 Å². The highest BCUT2D eigenvalue weighted by atomic mass is 16.7. The van der Waals surface area contributed by atoms with E-state index in [-0.39, 0.29) is 12.5 Å². The number of ether oxygens (including phenoxy) is 2. The first-order valence-electron chi connectivity index (χ1n) is 38.4. The third-order valence-corrected chi connectivity index (χ3v) is 18.4. The molecular weight excluding hydrogens is 1080 g/mol. The van der Waals surface area contributed by atoms with Gasteiger partial charge in [0.15, 0.2) is 6.29 Å². The number of hydrogen-bond donors (Lipinski definition) is 6. The van der Waals surface area contributed by atoms with Crippen molar-refractivity contribution in [2.24, 2.45) is 0 Å². The van der Waals surface area contributed by atoms with Crippen LogP contribution in [0.3, 0.4) is 0 Å². The molecule has 87 heavy (non-hydrogen) atoms. The zero-order valence-electron chi connectivity index (χ0n) is 57.5. The van der Waals surface area contributed by atoms with Crippen LogP contribution in [0.25, 0.3) is 0 Å². The largest absolute Gasteiger partial charge is 0.394 e. The lowest BCUT2D eigenvalue weighted by Gasteiger charge is -2.40. The minimum absolute atomic E-state index is 0.184. The summed E-state index contributed by atoms with van der Waals surface area (Å²) in [6.07, 6.45) is 85.4. The third kappa shape index (κ3) is 55.5. The molecule has 0 aliphatic carbocycles. The molecule has 0 saturated carbocycles. The molecule has 1 fully saturated rings. The molecule has 7 atom stereocenters. The van der Waals surface area contributed by atoms with Crippen molar-refractivity contribution in [2.45, 2.75) is 429 Å². The van der Waals surface area contributed by atoms with Gasteiger partial charge in [0.1, 0.15) is 24.4 Å². The number of aliphatic hydroxyl groups is 5. The van der Waals surface area contributed by atoms with Crippen molar-refractivity contribution < 1.29 is 39.8 Å². The highest BCUT2D eigenvalue weighted by Crippen LogP contribution is 2.24. The van der Waals surface area contributed by atoms with Crippen LogP contribution in [0.15, 0.2) is 48.6 Å². The number of allylic oxidation sites excluding steroid dienone is 7. The molecular formula is C78H147NO8. The van der Waals surface area contributed by atoms with Crippen LogP contribution in [0.5, 0.6) is 0 Å². The lowest BCUT2D eigenvalue weighted by Crippen LogP contribution is -2.60. The van der Waals surface area contributed by atoms with E-state index >= 15 is 0 Å². The van der Waals surface area contributed by atoms with Gasteiger partial charge in [0.05, 0.1) is 25.4 Å². The summed E-state index contributed by atoms with van der Waals surface area (Å²) in [5.74, 6) is -0.184. The van der Waals surface area contributed by atoms with E-state index in [9.17, 15) is 30.3 Å². The molecule has 1 saturated heterocycles. The summed E-state index contributed by atoms with van der Waals surface area (Å²) in [6, 6.07) is -0.830. The Balaban J connectivity index is 2.11. The molecule has 6 N–H and O–H groups in total. The molecule has 0 bridgehead atoms. The van der Waals surface area contributed by atoms with Crippen LogP contribution >= 0.6 is 0 Å². The molecule has 512 valence electrons. The minimum Gasteiger partial charge on any atom is -0.394 e. The second kappa shape index (κ2) is 67.1. The number of unbranched alkanes of at least 4 members (excludes halogenated alkanes) is 52. The van der Waals surface area contributed by atoms with E-state index in [4.69, 9.17) is 9.47 Å². The molecule has 0 radical (unpaired) electrons. The van der Waals surface area contributed by atoms with E-state index in [0.29, 0.717) is 6.42 Å². The smallest absolute Gasteiger partial charge is 0.220 e. The monoisotopic (exact) mass is 1230 g/mol. The van der Waals surface area contributed by atoms with Gasteiger partial charge >= 0.3 is 0 Å². The molecule has 0 spiro atoms. The van der Waals surface area contributed by atoms with E-state index in [2.05, 4.69) is 55.6 Å². The van der Waals surface area contributed by atoms with Crippen molar-refractivity contribution in [3.8, 4) is 0 Å². The molecule has 7 unspecified atom stereocenters. The van der Waals surface area contributed by atoms with Crippen molar-refractivity contribution in [2.75, 3.05) is 13.2 Å². The van der Waals surface area contributed by atoms with Crippen LogP contribution in [0.1, 0.15) is 386 Å². The summed E-state index contributed by atoms with van der Waals surface area (Å²) in [5.41, 5.74) is 0. The second-order valence-corrected chi connectivity index (χ2v) is 26.8. The van der Waals surface area contributed by atoms with Gasteiger partial charge in [-0.2, -0.15) is 0 Å². The molecule has 0 aromatic heterocycles. The predicted molar refractivity (Wildman–Crippen MR) is 373 cm³/mol. The summed E-state index contributed by atoms with van der Waals surface area (Å²) in [6.45, 7) is 3.81. The molecule has 0 aromatic carbocycles. The van der Waals surface area contributed by atoms with E-state index in [1.807, 2.05) is 6.08 Å². The summed E-state index contributed by atoms with van der Waals surface area (Å²) >= 11 is 0. The third-order valence-electron chi connectivity index (χ3n) is 18.4. The summed E-state index contributed by atoms with van der Waals surface area (Å²) < 4.78 is 11.3. The Morgan fingerprint density at radius 3 is 0.966 bits per heavy atom. The van der Waals surface area contributed by atoms with Crippen LogP contribution in [-0.2, 0) is 14.3 Å². The van der Waals surface area contributed by atoms with Gasteiger partial charge < -0.3 is 40.3 Å². The maximum absolute atomic E-state index is 13.1. The normalized spacial score (nSPS) is 18.2. The van der Waals surface area contributed by atoms with Gasteiger partial charge in [0.2, 0.25) is 5.91 Å². The van der Waals surface area contributed by atoms with Gasteiger partial charge in [0.25, 0.3) is 0 Å². The lowest BCUT2D eigenvalue weighted by molar-refractivity contribution is -0.302. The zero-order chi connectivity index (χ0) is 62.8. The quantitative estimate of drug-likeness (QED) is 0.0261. The fourth-order valence-electron chi connectivity index (χ4n) is 12.4. The van der Waals surface area contributed by atoms with E-state index in [1.54, 1.807) is 6.08 Å². The van der Waals surface area contributed by atoms with Crippen LogP contribution in [0, 0.1) is 0 Å². The zero-order valence-corrected chi connectivity index (χ0v) is 57.5. The lowest BCUT2D eigenvalue weighted by atomic mass is 9.99.